The Balaban J connectivity index is 2.01. The highest BCUT2D eigenvalue weighted by atomic mass is 16.5. The Morgan fingerprint density at radius 2 is 1.95 bits per heavy atom. The molecule has 2 rings (SSSR count). The van der Waals surface area contributed by atoms with Crippen LogP contribution >= 0.6 is 0 Å². The molecule has 1 N–H and O–H groups in total. The van der Waals surface area contributed by atoms with Crippen molar-refractivity contribution in [1.29, 1.82) is 0 Å². The van der Waals surface area contributed by atoms with E-state index in [0.29, 0.717) is 22.9 Å². The fourth-order valence-electron chi connectivity index (χ4n) is 3.66. The molecule has 1 saturated carbocycles. The van der Waals surface area contributed by atoms with Crippen molar-refractivity contribution in [3.63, 3.8) is 0 Å². The first-order valence-corrected chi connectivity index (χ1v) is 8.74. The maximum absolute atomic E-state index is 5.33. The van der Waals surface area contributed by atoms with Crippen molar-refractivity contribution in [3.05, 3.63) is 0 Å². The number of nitrogens with one attached hydrogen (secondary N) is 1. The molecular weight excluding hydrogens is 260 g/mol. The van der Waals surface area contributed by atoms with E-state index < -0.39 is 0 Å². The van der Waals surface area contributed by atoms with Crippen LogP contribution in [-0.2, 0) is 4.74 Å². The Bertz CT molecular complexity index is 331. The number of nitrogens with zero attached hydrogens (tertiary/aromatic N) is 1. The fourth-order valence-corrected chi connectivity index (χ4v) is 3.66. The Morgan fingerprint density at radius 1 is 1.29 bits per heavy atom. The molecule has 2 unspecified atom stereocenters. The Kier molecular flexibility index (Phi) is 5.38. The van der Waals surface area contributed by atoms with E-state index in [0.717, 1.165) is 19.1 Å². The zero-order chi connectivity index (χ0) is 15.7. The molecule has 124 valence electrons. The molecule has 0 amide bonds. The molecule has 0 aromatic carbocycles. The van der Waals surface area contributed by atoms with Crippen molar-refractivity contribution < 1.29 is 4.74 Å². The summed E-state index contributed by atoms with van der Waals surface area (Å²) < 4.78 is 5.33. The van der Waals surface area contributed by atoms with E-state index in [1.807, 2.05) is 7.11 Å². The van der Waals surface area contributed by atoms with Gasteiger partial charge < -0.3 is 10.1 Å². The van der Waals surface area contributed by atoms with Crippen molar-refractivity contribution in [1.82, 2.24) is 10.2 Å². The summed E-state index contributed by atoms with van der Waals surface area (Å²) in [6, 6.07) is 1.29. The van der Waals surface area contributed by atoms with Gasteiger partial charge in [0.2, 0.25) is 0 Å². The highest BCUT2D eigenvalue weighted by Gasteiger charge is 2.46. The summed E-state index contributed by atoms with van der Waals surface area (Å²) in [6.45, 7) is 16.3. The smallest absolute Gasteiger partial charge is 0.0468 e. The van der Waals surface area contributed by atoms with Crippen LogP contribution in [0.15, 0.2) is 0 Å². The van der Waals surface area contributed by atoms with Crippen LogP contribution in [0.1, 0.15) is 53.9 Å². The molecule has 0 aromatic heterocycles. The third kappa shape index (κ3) is 4.43. The second-order valence-electron chi connectivity index (χ2n) is 8.81. The largest absolute Gasteiger partial charge is 0.385 e. The SMILES string of the molecule is COCCC1(CN2CC(C(C)(C)C)NCC2C(C)C)CC1. The predicted molar refractivity (Wildman–Crippen MR) is 89.6 cm³/mol. The van der Waals surface area contributed by atoms with Gasteiger partial charge in [-0.1, -0.05) is 34.6 Å². The highest BCUT2D eigenvalue weighted by molar-refractivity contribution is 5.00. The summed E-state index contributed by atoms with van der Waals surface area (Å²) in [5, 5.41) is 3.80. The van der Waals surface area contributed by atoms with Gasteiger partial charge in [-0.25, -0.2) is 0 Å². The fraction of sp³-hybridized carbons (Fsp3) is 1.00. The lowest BCUT2D eigenvalue weighted by Crippen LogP contribution is -2.62. The number of piperazine rings is 1. The van der Waals surface area contributed by atoms with Crippen LogP contribution < -0.4 is 5.32 Å². The molecule has 2 atom stereocenters. The first kappa shape index (κ1) is 17.2. The van der Waals surface area contributed by atoms with E-state index in [-0.39, 0.29) is 0 Å². The molecule has 21 heavy (non-hydrogen) atoms. The van der Waals surface area contributed by atoms with Crippen molar-refractivity contribution in [2.24, 2.45) is 16.7 Å². The molecule has 3 nitrogen and oxygen atoms in total. The molecule has 0 radical (unpaired) electrons. The second-order valence-corrected chi connectivity index (χ2v) is 8.81. The molecule has 3 heteroatoms. The van der Waals surface area contributed by atoms with E-state index >= 15 is 0 Å². The third-order valence-corrected chi connectivity index (χ3v) is 5.61. The van der Waals surface area contributed by atoms with E-state index in [2.05, 4.69) is 44.8 Å². The lowest BCUT2D eigenvalue weighted by molar-refractivity contribution is 0.0407. The Morgan fingerprint density at radius 3 is 2.43 bits per heavy atom. The highest BCUT2D eigenvalue weighted by Crippen LogP contribution is 2.50. The normalized spacial score (nSPS) is 29.9. The van der Waals surface area contributed by atoms with Gasteiger partial charge in [0.05, 0.1) is 0 Å². The topological polar surface area (TPSA) is 24.5 Å². The van der Waals surface area contributed by atoms with Gasteiger partial charge in [0.15, 0.2) is 0 Å². The van der Waals surface area contributed by atoms with E-state index in [4.69, 9.17) is 4.74 Å². The molecular formula is C18H36N2O. The zero-order valence-corrected chi connectivity index (χ0v) is 15.0. The number of hydrogen-bond acceptors (Lipinski definition) is 3. The minimum Gasteiger partial charge on any atom is -0.385 e. The maximum atomic E-state index is 5.33. The van der Waals surface area contributed by atoms with Gasteiger partial charge in [-0.2, -0.15) is 0 Å². The average molecular weight is 296 g/mol. The van der Waals surface area contributed by atoms with Crippen LogP contribution in [0.5, 0.6) is 0 Å². The first-order valence-electron chi connectivity index (χ1n) is 8.74. The van der Waals surface area contributed by atoms with Gasteiger partial charge in [-0.05, 0) is 36.0 Å². The van der Waals surface area contributed by atoms with Crippen LogP contribution in [0, 0.1) is 16.7 Å². The van der Waals surface area contributed by atoms with Crippen LogP contribution in [-0.4, -0.2) is 50.3 Å². The Hall–Kier alpha value is -0.120. The molecule has 2 aliphatic rings. The van der Waals surface area contributed by atoms with E-state index in [1.165, 1.54) is 32.4 Å². The lowest BCUT2D eigenvalue weighted by atomic mass is 9.83. The summed E-state index contributed by atoms with van der Waals surface area (Å²) in [6.07, 6.45) is 4.02. The van der Waals surface area contributed by atoms with E-state index in [1.54, 1.807) is 0 Å². The van der Waals surface area contributed by atoms with Crippen molar-refractivity contribution in [2.75, 3.05) is 33.4 Å². The van der Waals surface area contributed by atoms with Gasteiger partial charge in [0.25, 0.3) is 0 Å². The summed E-state index contributed by atoms with van der Waals surface area (Å²) in [4.78, 5) is 2.79. The number of rotatable bonds is 6. The van der Waals surface area contributed by atoms with Crippen LogP contribution in [0.3, 0.4) is 0 Å². The van der Waals surface area contributed by atoms with Gasteiger partial charge >= 0.3 is 0 Å². The van der Waals surface area contributed by atoms with Crippen LogP contribution in [0.4, 0.5) is 0 Å². The van der Waals surface area contributed by atoms with Crippen molar-refractivity contribution in [2.45, 2.75) is 66.0 Å². The molecule has 0 bridgehead atoms. The predicted octanol–water partition coefficient (Wildman–Crippen LogP) is 3.15. The maximum Gasteiger partial charge on any atom is 0.0468 e. The quantitative estimate of drug-likeness (QED) is 0.815. The van der Waals surface area contributed by atoms with Gasteiger partial charge in [0.1, 0.15) is 0 Å². The minimum atomic E-state index is 0.337. The first-order chi connectivity index (χ1) is 9.77. The number of methoxy groups -OCH3 is 1. The number of ether oxygens (including phenoxy) is 1. The standard InChI is InChI=1S/C18H36N2O/c1-14(2)15-11-19-16(17(3,4)5)12-20(15)13-18(7-8-18)9-10-21-6/h14-16,19H,7-13H2,1-6H3. The molecule has 0 aromatic rings. The zero-order valence-electron chi connectivity index (χ0n) is 15.0. The monoisotopic (exact) mass is 296 g/mol. The van der Waals surface area contributed by atoms with E-state index in [9.17, 15) is 0 Å². The average Bonchev–Trinajstić information content (AvgIpc) is 3.15. The molecule has 1 heterocycles. The minimum absolute atomic E-state index is 0.337. The van der Waals surface area contributed by atoms with Crippen molar-refractivity contribution in [3.8, 4) is 0 Å². The van der Waals surface area contributed by atoms with Crippen LogP contribution in [0.2, 0.25) is 0 Å². The third-order valence-electron chi connectivity index (χ3n) is 5.61. The molecule has 1 saturated heterocycles. The van der Waals surface area contributed by atoms with Gasteiger partial charge in [-0.15, -0.1) is 0 Å². The molecule has 1 aliphatic heterocycles. The summed E-state index contributed by atoms with van der Waals surface area (Å²) in [7, 11) is 1.83. The molecule has 1 aliphatic carbocycles. The van der Waals surface area contributed by atoms with Crippen molar-refractivity contribution >= 4 is 0 Å². The van der Waals surface area contributed by atoms with Gasteiger partial charge in [-0.3, -0.25) is 4.90 Å². The number of hydrogen-bond donors (Lipinski definition) is 1. The molecule has 0 spiro atoms. The van der Waals surface area contributed by atoms with Gasteiger partial charge in [0, 0.05) is 45.4 Å². The second kappa shape index (κ2) is 6.55. The Labute approximate surface area is 131 Å². The lowest BCUT2D eigenvalue weighted by Gasteiger charge is -2.47. The summed E-state index contributed by atoms with van der Waals surface area (Å²) in [5.74, 6) is 0.719. The van der Waals surface area contributed by atoms with Crippen LogP contribution in [0.25, 0.3) is 0 Å². The summed E-state index contributed by atoms with van der Waals surface area (Å²) in [5.41, 5.74) is 0.895. The molecule has 2 fully saturated rings. The summed E-state index contributed by atoms with van der Waals surface area (Å²) >= 11 is 0.